The van der Waals surface area contributed by atoms with Crippen molar-refractivity contribution in [2.24, 2.45) is 0 Å². The van der Waals surface area contributed by atoms with E-state index < -0.39 is 0 Å². The van der Waals surface area contributed by atoms with E-state index in [-0.39, 0.29) is 16.9 Å². The zero-order valence-corrected chi connectivity index (χ0v) is 11.0. The van der Waals surface area contributed by atoms with Crippen molar-refractivity contribution in [1.82, 2.24) is 10.3 Å². The summed E-state index contributed by atoms with van der Waals surface area (Å²) < 4.78 is 13.1. The van der Waals surface area contributed by atoms with Gasteiger partial charge in [-0.1, -0.05) is 23.7 Å². The highest BCUT2D eigenvalue weighted by Gasteiger charge is 2.06. The summed E-state index contributed by atoms with van der Waals surface area (Å²) in [4.78, 5) is 15.7. The number of benzene rings is 1. The lowest BCUT2D eigenvalue weighted by Gasteiger charge is -2.06. The van der Waals surface area contributed by atoms with Gasteiger partial charge in [0.25, 0.3) is 5.91 Å². The third-order valence-corrected chi connectivity index (χ3v) is 2.87. The van der Waals surface area contributed by atoms with Gasteiger partial charge in [0.15, 0.2) is 0 Å². The summed E-state index contributed by atoms with van der Waals surface area (Å²) in [5, 5.41) is 3.01. The molecule has 98 valence electrons. The Hall–Kier alpha value is -1.94. The van der Waals surface area contributed by atoms with E-state index in [4.69, 9.17) is 11.6 Å². The van der Waals surface area contributed by atoms with Crippen LogP contribution < -0.4 is 5.32 Å². The largest absolute Gasteiger partial charge is 0.348 e. The molecule has 1 heterocycles. The quantitative estimate of drug-likeness (QED) is 0.877. The first-order chi connectivity index (χ1) is 9.06. The SMILES string of the molecule is Cc1cc(CNC(=O)c2ccnc(Cl)c2)ccc1F. The summed E-state index contributed by atoms with van der Waals surface area (Å²) in [6, 6.07) is 7.81. The van der Waals surface area contributed by atoms with Crippen molar-refractivity contribution in [2.75, 3.05) is 0 Å². The minimum atomic E-state index is -0.254. The average Bonchev–Trinajstić information content (AvgIpc) is 2.40. The lowest BCUT2D eigenvalue weighted by atomic mass is 10.1. The Morgan fingerprint density at radius 1 is 1.37 bits per heavy atom. The Balaban J connectivity index is 2.02. The lowest BCUT2D eigenvalue weighted by molar-refractivity contribution is 0.0951. The minimum Gasteiger partial charge on any atom is -0.348 e. The van der Waals surface area contributed by atoms with Gasteiger partial charge >= 0.3 is 0 Å². The molecule has 1 N–H and O–H groups in total. The smallest absolute Gasteiger partial charge is 0.251 e. The molecule has 0 saturated carbocycles. The van der Waals surface area contributed by atoms with Crippen LogP contribution in [0.1, 0.15) is 21.5 Å². The molecular formula is C14H12ClFN2O. The third kappa shape index (κ3) is 3.51. The lowest BCUT2D eigenvalue weighted by Crippen LogP contribution is -2.22. The van der Waals surface area contributed by atoms with Crippen molar-refractivity contribution in [3.8, 4) is 0 Å². The van der Waals surface area contributed by atoms with Gasteiger partial charge in [0.1, 0.15) is 11.0 Å². The maximum absolute atomic E-state index is 13.1. The Labute approximate surface area is 115 Å². The molecule has 0 atom stereocenters. The molecule has 3 nitrogen and oxygen atoms in total. The predicted molar refractivity (Wildman–Crippen MR) is 71.6 cm³/mol. The average molecular weight is 279 g/mol. The normalized spacial score (nSPS) is 10.3. The summed E-state index contributed by atoms with van der Waals surface area (Å²) in [7, 11) is 0. The molecule has 2 rings (SSSR count). The van der Waals surface area contributed by atoms with Crippen molar-refractivity contribution in [1.29, 1.82) is 0 Å². The van der Waals surface area contributed by atoms with Crippen LogP contribution in [0, 0.1) is 12.7 Å². The first kappa shape index (κ1) is 13.5. The summed E-state index contributed by atoms with van der Waals surface area (Å²) in [5.41, 5.74) is 1.84. The number of hydrogen-bond acceptors (Lipinski definition) is 2. The van der Waals surface area contributed by atoms with Crippen molar-refractivity contribution in [2.45, 2.75) is 13.5 Å². The Morgan fingerprint density at radius 3 is 2.84 bits per heavy atom. The van der Waals surface area contributed by atoms with E-state index in [1.54, 1.807) is 25.1 Å². The van der Waals surface area contributed by atoms with Gasteiger partial charge in [0.2, 0.25) is 0 Å². The van der Waals surface area contributed by atoms with Gasteiger partial charge in [-0.25, -0.2) is 9.37 Å². The first-order valence-corrected chi connectivity index (χ1v) is 6.09. The van der Waals surface area contributed by atoms with Gasteiger partial charge in [-0.05, 0) is 36.2 Å². The second kappa shape index (κ2) is 5.80. The fraction of sp³-hybridized carbons (Fsp3) is 0.143. The Morgan fingerprint density at radius 2 is 2.16 bits per heavy atom. The highest BCUT2D eigenvalue weighted by molar-refractivity contribution is 6.29. The van der Waals surface area contributed by atoms with Gasteiger partial charge < -0.3 is 5.32 Å². The van der Waals surface area contributed by atoms with Gasteiger partial charge in [-0.2, -0.15) is 0 Å². The molecule has 0 aliphatic heterocycles. The standard InChI is InChI=1S/C14H12ClFN2O/c1-9-6-10(2-3-12(9)16)8-18-14(19)11-4-5-17-13(15)7-11/h2-7H,8H2,1H3,(H,18,19). The number of aryl methyl sites for hydroxylation is 1. The molecule has 0 bridgehead atoms. The summed E-state index contributed by atoms with van der Waals surface area (Å²) in [6.45, 7) is 2.02. The van der Waals surface area contributed by atoms with Crippen molar-refractivity contribution in [3.05, 3.63) is 64.2 Å². The molecule has 1 aromatic heterocycles. The van der Waals surface area contributed by atoms with E-state index >= 15 is 0 Å². The van der Waals surface area contributed by atoms with Crippen LogP contribution >= 0.6 is 11.6 Å². The molecular weight excluding hydrogens is 267 g/mol. The molecule has 0 saturated heterocycles. The Kier molecular flexibility index (Phi) is 4.12. The third-order valence-electron chi connectivity index (χ3n) is 2.66. The topological polar surface area (TPSA) is 42.0 Å². The van der Waals surface area contributed by atoms with E-state index in [2.05, 4.69) is 10.3 Å². The van der Waals surface area contributed by atoms with Crippen LogP contribution in [-0.2, 0) is 6.54 Å². The van der Waals surface area contributed by atoms with Crippen molar-refractivity contribution >= 4 is 17.5 Å². The maximum atomic E-state index is 13.1. The molecule has 2 aromatic rings. The van der Waals surface area contributed by atoms with Crippen molar-refractivity contribution in [3.63, 3.8) is 0 Å². The van der Waals surface area contributed by atoms with Gasteiger partial charge in [0, 0.05) is 18.3 Å². The molecule has 0 fully saturated rings. The predicted octanol–water partition coefficient (Wildman–Crippen LogP) is 3.11. The number of pyridine rings is 1. The Bertz CT molecular complexity index is 616. The zero-order valence-electron chi connectivity index (χ0n) is 10.3. The van der Waals surface area contributed by atoms with Crippen LogP contribution in [0.15, 0.2) is 36.5 Å². The monoisotopic (exact) mass is 278 g/mol. The molecule has 0 spiro atoms. The number of halogens is 2. The molecule has 0 unspecified atom stereocenters. The number of hydrogen-bond donors (Lipinski definition) is 1. The zero-order chi connectivity index (χ0) is 13.8. The van der Waals surface area contributed by atoms with Crippen LogP contribution in [-0.4, -0.2) is 10.9 Å². The summed E-state index contributed by atoms with van der Waals surface area (Å²) in [6.07, 6.45) is 1.47. The first-order valence-electron chi connectivity index (χ1n) is 5.71. The van der Waals surface area contributed by atoms with E-state index in [0.29, 0.717) is 17.7 Å². The van der Waals surface area contributed by atoms with Crippen molar-refractivity contribution < 1.29 is 9.18 Å². The van der Waals surface area contributed by atoms with E-state index in [9.17, 15) is 9.18 Å². The molecule has 1 aromatic carbocycles. The maximum Gasteiger partial charge on any atom is 0.251 e. The summed E-state index contributed by atoms with van der Waals surface area (Å²) >= 11 is 5.71. The van der Waals surface area contributed by atoms with Crippen LogP contribution in [0.2, 0.25) is 5.15 Å². The molecule has 0 aliphatic carbocycles. The number of carbonyl (C=O) groups is 1. The summed E-state index contributed by atoms with van der Waals surface area (Å²) in [5.74, 6) is -0.498. The number of amides is 1. The molecule has 0 radical (unpaired) electrons. The number of nitrogens with one attached hydrogen (secondary N) is 1. The van der Waals surface area contributed by atoms with Crippen LogP contribution in [0.3, 0.4) is 0 Å². The number of rotatable bonds is 3. The molecule has 5 heteroatoms. The van der Waals surface area contributed by atoms with Gasteiger partial charge in [0.05, 0.1) is 0 Å². The minimum absolute atomic E-state index is 0.244. The van der Waals surface area contributed by atoms with Gasteiger partial charge in [-0.15, -0.1) is 0 Å². The fourth-order valence-electron chi connectivity index (χ4n) is 1.64. The van der Waals surface area contributed by atoms with E-state index in [1.807, 2.05) is 0 Å². The number of nitrogens with zero attached hydrogens (tertiary/aromatic N) is 1. The fourth-order valence-corrected chi connectivity index (χ4v) is 1.82. The van der Waals surface area contributed by atoms with Gasteiger partial charge in [-0.3, -0.25) is 4.79 Å². The highest BCUT2D eigenvalue weighted by Crippen LogP contribution is 2.10. The van der Waals surface area contributed by atoms with E-state index in [1.165, 1.54) is 18.3 Å². The van der Waals surface area contributed by atoms with Crippen LogP contribution in [0.4, 0.5) is 4.39 Å². The molecule has 1 amide bonds. The second-order valence-electron chi connectivity index (χ2n) is 4.13. The highest BCUT2D eigenvalue weighted by atomic mass is 35.5. The van der Waals surface area contributed by atoms with Crippen LogP contribution in [0.25, 0.3) is 0 Å². The van der Waals surface area contributed by atoms with Crippen LogP contribution in [0.5, 0.6) is 0 Å². The molecule has 0 aliphatic rings. The number of carbonyl (C=O) groups excluding carboxylic acids is 1. The molecule has 19 heavy (non-hydrogen) atoms. The number of aromatic nitrogens is 1. The second-order valence-corrected chi connectivity index (χ2v) is 4.52. The van der Waals surface area contributed by atoms with E-state index in [0.717, 1.165) is 5.56 Å².